The number of hydrogen-bond acceptors (Lipinski definition) is 3. The van der Waals surface area contributed by atoms with E-state index in [1.807, 2.05) is 31.2 Å². The smallest absolute Gasteiger partial charge is 0.317 e. The first-order valence-electron chi connectivity index (χ1n) is 8.91. The molecule has 7 heteroatoms. The second-order valence-electron chi connectivity index (χ2n) is 6.44. The van der Waals surface area contributed by atoms with E-state index < -0.39 is 0 Å². The van der Waals surface area contributed by atoms with Crippen LogP contribution in [-0.4, -0.2) is 34.6 Å². The van der Waals surface area contributed by atoms with Gasteiger partial charge in [0, 0.05) is 31.5 Å². The number of imidazole rings is 1. The Hall–Kier alpha value is -3.35. The van der Waals surface area contributed by atoms with Crippen molar-refractivity contribution < 1.29 is 13.9 Å². The van der Waals surface area contributed by atoms with Crippen molar-refractivity contribution in [2.75, 3.05) is 14.2 Å². The fourth-order valence-corrected chi connectivity index (χ4v) is 2.97. The average Bonchev–Trinajstić information content (AvgIpc) is 3.25. The quantitative estimate of drug-likeness (QED) is 0.703. The Morgan fingerprint density at radius 3 is 2.79 bits per heavy atom. The van der Waals surface area contributed by atoms with Crippen molar-refractivity contribution in [3.8, 4) is 11.4 Å². The molecular formula is C21H23FN4O2. The molecule has 0 radical (unpaired) electrons. The molecule has 1 heterocycles. The van der Waals surface area contributed by atoms with Crippen LogP contribution in [0, 0.1) is 5.82 Å². The Balaban J connectivity index is 1.64. The Kier molecular flexibility index (Phi) is 5.93. The van der Waals surface area contributed by atoms with Gasteiger partial charge >= 0.3 is 6.03 Å². The van der Waals surface area contributed by atoms with Crippen LogP contribution in [0.4, 0.5) is 9.18 Å². The van der Waals surface area contributed by atoms with Gasteiger partial charge in [0.25, 0.3) is 0 Å². The number of aromatic nitrogens is 2. The van der Waals surface area contributed by atoms with E-state index in [0.717, 1.165) is 11.3 Å². The molecule has 146 valence electrons. The van der Waals surface area contributed by atoms with Gasteiger partial charge in [-0.15, -0.1) is 0 Å². The zero-order valence-corrected chi connectivity index (χ0v) is 16.1. The Bertz CT molecular complexity index is 943. The molecule has 1 aromatic heterocycles. The lowest BCUT2D eigenvalue weighted by Gasteiger charge is -2.26. The molecular weight excluding hydrogens is 359 g/mol. The van der Waals surface area contributed by atoms with E-state index in [-0.39, 0.29) is 24.4 Å². The number of halogens is 1. The van der Waals surface area contributed by atoms with Crippen LogP contribution in [-0.2, 0) is 6.54 Å². The number of ether oxygens (including phenoxy) is 1. The minimum absolute atomic E-state index is 0.184. The topological polar surface area (TPSA) is 59.4 Å². The molecule has 28 heavy (non-hydrogen) atoms. The van der Waals surface area contributed by atoms with E-state index in [0.29, 0.717) is 11.3 Å². The average molecular weight is 382 g/mol. The fourth-order valence-electron chi connectivity index (χ4n) is 2.97. The van der Waals surface area contributed by atoms with E-state index in [1.54, 1.807) is 48.2 Å². The Morgan fingerprint density at radius 2 is 2.11 bits per heavy atom. The predicted octanol–water partition coefficient (Wildman–Crippen LogP) is 3.92. The van der Waals surface area contributed by atoms with Crippen molar-refractivity contribution in [1.29, 1.82) is 0 Å². The summed E-state index contributed by atoms with van der Waals surface area (Å²) in [4.78, 5) is 18.0. The number of carbonyl (C=O) groups is 1. The molecule has 2 amide bonds. The number of nitrogens with one attached hydrogen (secondary N) is 1. The Labute approximate surface area is 163 Å². The van der Waals surface area contributed by atoms with Crippen LogP contribution in [0.25, 0.3) is 5.69 Å². The van der Waals surface area contributed by atoms with Gasteiger partial charge in [0.15, 0.2) is 0 Å². The lowest BCUT2D eigenvalue weighted by atomic mass is 10.1. The number of benzene rings is 2. The summed E-state index contributed by atoms with van der Waals surface area (Å²) in [6.45, 7) is 2.15. The predicted molar refractivity (Wildman–Crippen MR) is 105 cm³/mol. The van der Waals surface area contributed by atoms with E-state index >= 15 is 0 Å². The molecule has 0 spiro atoms. The molecule has 6 nitrogen and oxygen atoms in total. The van der Waals surface area contributed by atoms with Crippen molar-refractivity contribution in [3.05, 3.63) is 78.1 Å². The van der Waals surface area contributed by atoms with Crippen LogP contribution >= 0.6 is 0 Å². The summed E-state index contributed by atoms with van der Waals surface area (Å²) in [5.41, 5.74) is 2.00. The zero-order chi connectivity index (χ0) is 20.1. The van der Waals surface area contributed by atoms with Gasteiger partial charge in [-0.1, -0.05) is 24.3 Å². The molecule has 3 aromatic rings. The Morgan fingerprint density at radius 1 is 1.32 bits per heavy atom. The SMILES string of the molecule is COc1ccccc1C(C)N(C)C(=O)NCc1ccc(-n2ccnc2)c(F)c1. The van der Waals surface area contributed by atoms with Crippen molar-refractivity contribution >= 4 is 6.03 Å². The molecule has 2 aromatic carbocycles. The van der Waals surface area contributed by atoms with Gasteiger partial charge in [-0.2, -0.15) is 0 Å². The molecule has 0 aliphatic heterocycles. The highest BCUT2D eigenvalue weighted by Crippen LogP contribution is 2.28. The van der Waals surface area contributed by atoms with Gasteiger partial charge in [-0.3, -0.25) is 0 Å². The molecule has 0 saturated heterocycles. The van der Waals surface area contributed by atoms with Crippen molar-refractivity contribution in [2.45, 2.75) is 19.5 Å². The zero-order valence-electron chi connectivity index (χ0n) is 16.1. The molecule has 3 rings (SSSR count). The third kappa shape index (κ3) is 4.14. The number of para-hydroxylation sites is 1. The number of rotatable bonds is 6. The summed E-state index contributed by atoms with van der Waals surface area (Å²) in [5.74, 6) is 0.354. The molecule has 1 N–H and O–H groups in total. The molecule has 0 fully saturated rings. The van der Waals surface area contributed by atoms with Crippen molar-refractivity contribution in [2.24, 2.45) is 0 Å². The maximum atomic E-state index is 14.3. The summed E-state index contributed by atoms with van der Waals surface area (Å²) >= 11 is 0. The summed E-state index contributed by atoms with van der Waals surface area (Å²) in [6, 6.07) is 12.0. The molecule has 0 saturated carbocycles. The molecule has 1 unspecified atom stereocenters. The van der Waals surface area contributed by atoms with Crippen LogP contribution in [0.2, 0.25) is 0 Å². The summed E-state index contributed by atoms with van der Waals surface area (Å²) < 4.78 is 21.3. The number of urea groups is 1. The number of amides is 2. The van der Waals surface area contributed by atoms with Gasteiger partial charge in [0.05, 0.1) is 25.2 Å². The second-order valence-corrected chi connectivity index (χ2v) is 6.44. The summed E-state index contributed by atoms with van der Waals surface area (Å²) in [6.07, 6.45) is 4.80. The van der Waals surface area contributed by atoms with Crippen LogP contribution in [0.5, 0.6) is 5.75 Å². The summed E-state index contributed by atoms with van der Waals surface area (Å²) in [5, 5.41) is 2.83. The molecule has 0 aliphatic carbocycles. The lowest BCUT2D eigenvalue weighted by molar-refractivity contribution is 0.193. The van der Waals surface area contributed by atoms with Crippen molar-refractivity contribution in [1.82, 2.24) is 19.8 Å². The van der Waals surface area contributed by atoms with Crippen LogP contribution < -0.4 is 10.1 Å². The largest absolute Gasteiger partial charge is 0.496 e. The fraction of sp³-hybridized carbons (Fsp3) is 0.238. The van der Waals surface area contributed by atoms with Crippen LogP contribution in [0.15, 0.2) is 61.2 Å². The van der Waals surface area contributed by atoms with Gasteiger partial charge in [0.2, 0.25) is 0 Å². The lowest BCUT2D eigenvalue weighted by Crippen LogP contribution is -2.38. The van der Waals surface area contributed by atoms with E-state index in [9.17, 15) is 9.18 Å². The summed E-state index contributed by atoms with van der Waals surface area (Å²) in [7, 11) is 3.32. The molecule has 0 aliphatic rings. The molecule has 1 atom stereocenters. The third-order valence-electron chi connectivity index (χ3n) is 4.73. The minimum Gasteiger partial charge on any atom is -0.496 e. The number of hydrogen-bond donors (Lipinski definition) is 1. The monoisotopic (exact) mass is 382 g/mol. The number of methoxy groups -OCH3 is 1. The first-order chi connectivity index (χ1) is 13.5. The van der Waals surface area contributed by atoms with E-state index in [1.165, 1.54) is 12.4 Å². The highest BCUT2D eigenvalue weighted by atomic mass is 19.1. The van der Waals surface area contributed by atoms with E-state index in [2.05, 4.69) is 10.3 Å². The van der Waals surface area contributed by atoms with Gasteiger partial charge in [0.1, 0.15) is 11.6 Å². The molecule has 0 bridgehead atoms. The highest BCUT2D eigenvalue weighted by molar-refractivity contribution is 5.74. The second kappa shape index (κ2) is 8.56. The van der Waals surface area contributed by atoms with Gasteiger partial charge in [-0.25, -0.2) is 14.2 Å². The first kappa shape index (κ1) is 19.4. The number of carbonyl (C=O) groups excluding carboxylic acids is 1. The van der Waals surface area contributed by atoms with Crippen LogP contribution in [0.1, 0.15) is 24.1 Å². The maximum absolute atomic E-state index is 14.3. The van der Waals surface area contributed by atoms with Crippen LogP contribution in [0.3, 0.4) is 0 Å². The highest BCUT2D eigenvalue weighted by Gasteiger charge is 2.20. The number of nitrogens with zero attached hydrogens (tertiary/aromatic N) is 3. The van der Waals surface area contributed by atoms with Gasteiger partial charge < -0.3 is 19.5 Å². The maximum Gasteiger partial charge on any atom is 0.317 e. The van der Waals surface area contributed by atoms with Gasteiger partial charge in [-0.05, 0) is 30.7 Å². The normalized spacial score (nSPS) is 11.7. The van der Waals surface area contributed by atoms with Crippen molar-refractivity contribution in [3.63, 3.8) is 0 Å². The first-order valence-corrected chi connectivity index (χ1v) is 8.91. The standard InChI is InChI=1S/C21H23FN4O2/c1-15(17-6-4-5-7-20(17)28-3)25(2)21(27)24-13-16-8-9-19(18(22)12-16)26-11-10-23-14-26/h4-12,14-15H,13H2,1-3H3,(H,24,27). The minimum atomic E-state index is -0.375. The van der Waals surface area contributed by atoms with E-state index in [4.69, 9.17) is 4.74 Å². The third-order valence-corrected chi connectivity index (χ3v) is 4.73.